The van der Waals surface area contributed by atoms with Crippen LogP contribution in [0.3, 0.4) is 0 Å². The van der Waals surface area contributed by atoms with Crippen LogP contribution in [0.1, 0.15) is 17.9 Å². The number of sulfone groups is 1. The van der Waals surface area contributed by atoms with E-state index in [-0.39, 0.29) is 17.5 Å². The number of benzene rings is 1. The largest absolute Gasteiger partial charge is 0.414 e. The molecule has 3 rings (SSSR count). The third-order valence-corrected chi connectivity index (χ3v) is 6.51. The number of aromatic nitrogens is 2. The number of ether oxygens (including phenoxy) is 1. The van der Waals surface area contributed by atoms with Crippen molar-refractivity contribution in [1.29, 1.82) is 0 Å². The van der Waals surface area contributed by atoms with Gasteiger partial charge in [-0.1, -0.05) is 30.3 Å². The Hall–Kier alpha value is -1.55. The molecule has 0 aliphatic carbocycles. The zero-order valence-corrected chi connectivity index (χ0v) is 16.3. The smallest absolute Gasteiger partial charge is 0.288 e. The van der Waals surface area contributed by atoms with E-state index in [1.54, 1.807) is 11.8 Å². The molecule has 1 aromatic heterocycles. The first kappa shape index (κ1) is 19.2. The number of hydrogen-bond donors (Lipinski definition) is 0. The van der Waals surface area contributed by atoms with E-state index in [2.05, 4.69) is 10.00 Å². The molecule has 0 unspecified atom stereocenters. The Morgan fingerprint density at radius 2 is 2.15 bits per heavy atom. The van der Waals surface area contributed by atoms with Crippen molar-refractivity contribution in [2.75, 3.05) is 31.8 Å². The monoisotopic (exact) mass is 397 g/mol. The molecule has 2 aromatic rings. The Morgan fingerprint density at radius 3 is 2.81 bits per heavy atom. The molecule has 0 saturated carbocycles. The molecule has 26 heavy (non-hydrogen) atoms. The van der Waals surface area contributed by atoms with E-state index in [1.807, 2.05) is 30.3 Å². The number of hydrogen-bond acceptors (Lipinski definition) is 7. The highest BCUT2D eigenvalue weighted by atomic mass is 32.2. The Bertz CT molecular complexity index is 877. The summed E-state index contributed by atoms with van der Waals surface area (Å²) in [6.07, 6.45) is 1.18. The van der Waals surface area contributed by atoms with Gasteiger partial charge < -0.3 is 9.15 Å². The number of rotatable bonds is 8. The van der Waals surface area contributed by atoms with Gasteiger partial charge in [0.15, 0.2) is 9.84 Å². The van der Waals surface area contributed by atoms with E-state index in [0.717, 1.165) is 5.56 Å². The van der Waals surface area contributed by atoms with Gasteiger partial charge in [-0.05, 0) is 24.2 Å². The van der Waals surface area contributed by atoms with Gasteiger partial charge in [0.25, 0.3) is 4.84 Å². The average molecular weight is 398 g/mol. The maximum Gasteiger partial charge on any atom is 0.288 e. The first-order valence-electron chi connectivity index (χ1n) is 8.51. The van der Waals surface area contributed by atoms with E-state index < -0.39 is 9.84 Å². The van der Waals surface area contributed by atoms with E-state index in [9.17, 15) is 8.42 Å². The highest BCUT2D eigenvalue weighted by molar-refractivity contribution is 7.91. The van der Waals surface area contributed by atoms with Crippen LogP contribution in [0.25, 0.3) is 0 Å². The molecule has 0 N–H and O–H groups in total. The maximum atomic E-state index is 11.8. The summed E-state index contributed by atoms with van der Waals surface area (Å²) in [7, 11) is -1.34. The highest BCUT2D eigenvalue weighted by Gasteiger charge is 2.32. The van der Waals surface area contributed by atoms with Gasteiger partial charge in [0.05, 0.1) is 31.2 Å². The van der Waals surface area contributed by atoms with Crippen molar-refractivity contribution in [3.8, 4) is 0 Å². The van der Waals surface area contributed by atoms with Crippen molar-refractivity contribution >= 4 is 22.1 Å². The summed E-state index contributed by atoms with van der Waals surface area (Å²) in [5.74, 6) is 0.940. The molecule has 0 spiro atoms. The zero-order chi connectivity index (χ0) is 18.6. The number of nitrogens with zero attached hydrogens (tertiary/aromatic N) is 3. The molecule has 1 fully saturated rings. The van der Waals surface area contributed by atoms with Gasteiger partial charge >= 0.3 is 0 Å². The van der Waals surface area contributed by atoms with Crippen LogP contribution < -0.4 is 0 Å². The summed E-state index contributed by atoms with van der Waals surface area (Å²) < 4.78 is 36.1. The minimum Gasteiger partial charge on any atom is -0.414 e. The van der Waals surface area contributed by atoms with Crippen LogP contribution in [0.5, 0.6) is 0 Å². The van der Waals surface area contributed by atoms with Gasteiger partial charge in [0.1, 0.15) is 0 Å². The Kier molecular flexibility index (Phi) is 6.23. The highest BCUT2D eigenvalue weighted by Crippen LogP contribution is 2.19. The Morgan fingerprint density at radius 1 is 1.38 bits per heavy atom. The summed E-state index contributed by atoms with van der Waals surface area (Å²) in [4.78, 5) is 2.35. The van der Waals surface area contributed by atoms with Crippen LogP contribution in [-0.2, 0) is 27.7 Å². The van der Waals surface area contributed by atoms with Gasteiger partial charge in [-0.2, -0.15) is 0 Å². The van der Waals surface area contributed by atoms with Crippen LogP contribution in [0, 0.1) is 4.84 Å². The van der Waals surface area contributed by atoms with Gasteiger partial charge in [-0.3, -0.25) is 4.90 Å². The third kappa shape index (κ3) is 5.00. The van der Waals surface area contributed by atoms with Crippen LogP contribution >= 0.6 is 12.2 Å². The average Bonchev–Trinajstić information content (AvgIpc) is 3.14. The van der Waals surface area contributed by atoms with Gasteiger partial charge in [0.2, 0.25) is 5.89 Å². The SMILES string of the molecule is COCCN(Cn1nc(Cc2ccccc2)oc1=S)[C@@H]1CCS(=O)(=O)C1. The molecule has 0 radical (unpaired) electrons. The van der Waals surface area contributed by atoms with E-state index >= 15 is 0 Å². The fourth-order valence-corrected chi connectivity index (χ4v) is 5.05. The van der Waals surface area contributed by atoms with E-state index in [4.69, 9.17) is 21.4 Å². The molecular weight excluding hydrogens is 374 g/mol. The van der Waals surface area contributed by atoms with Gasteiger partial charge in [-0.15, -0.1) is 5.10 Å². The lowest BCUT2D eigenvalue weighted by molar-refractivity contribution is 0.0973. The van der Waals surface area contributed by atoms with E-state index in [1.165, 1.54) is 0 Å². The molecule has 0 bridgehead atoms. The second-order valence-electron chi connectivity index (χ2n) is 6.43. The molecule has 1 aromatic carbocycles. The van der Waals surface area contributed by atoms with Crippen molar-refractivity contribution < 1.29 is 17.6 Å². The molecule has 1 aliphatic heterocycles. The predicted octanol–water partition coefficient (Wildman–Crippen LogP) is 1.89. The first-order chi connectivity index (χ1) is 12.5. The minimum absolute atomic E-state index is 0.0497. The molecule has 2 heterocycles. The molecule has 142 valence electrons. The second-order valence-corrected chi connectivity index (χ2v) is 9.01. The molecule has 0 amide bonds. The normalized spacial score (nSPS) is 19.2. The molecule has 1 atom stereocenters. The zero-order valence-electron chi connectivity index (χ0n) is 14.7. The van der Waals surface area contributed by atoms with Crippen LogP contribution in [0.2, 0.25) is 0 Å². The Balaban J connectivity index is 1.73. The molecule has 7 nitrogen and oxygen atoms in total. The number of methoxy groups -OCH3 is 1. The fourth-order valence-electron chi connectivity index (χ4n) is 3.09. The van der Waals surface area contributed by atoms with Crippen LogP contribution in [-0.4, -0.2) is 60.9 Å². The lowest BCUT2D eigenvalue weighted by atomic mass is 10.2. The summed E-state index contributed by atoms with van der Waals surface area (Å²) >= 11 is 5.30. The van der Waals surface area contributed by atoms with Crippen molar-refractivity contribution in [1.82, 2.24) is 14.7 Å². The minimum atomic E-state index is -2.97. The van der Waals surface area contributed by atoms with Gasteiger partial charge in [-0.25, -0.2) is 13.1 Å². The van der Waals surface area contributed by atoms with Crippen molar-refractivity contribution in [3.63, 3.8) is 0 Å². The van der Waals surface area contributed by atoms with Crippen LogP contribution in [0.4, 0.5) is 0 Å². The lowest BCUT2D eigenvalue weighted by Crippen LogP contribution is -2.40. The maximum absolute atomic E-state index is 11.8. The summed E-state index contributed by atoms with van der Waals surface area (Å²) in [6.45, 7) is 1.51. The summed E-state index contributed by atoms with van der Waals surface area (Å²) in [5.41, 5.74) is 1.09. The summed E-state index contributed by atoms with van der Waals surface area (Å²) in [6, 6.07) is 9.85. The second kappa shape index (κ2) is 8.43. The topological polar surface area (TPSA) is 77.6 Å². The van der Waals surface area contributed by atoms with Crippen molar-refractivity contribution in [2.24, 2.45) is 0 Å². The van der Waals surface area contributed by atoms with Crippen LogP contribution in [0.15, 0.2) is 34.7 Å². The predicted molar refractivity (Wildman–Crippen MR) is 100 cm³/mol. The first-order valence-corrected chi connectivity index (χ1v) is 10.7. The van der Waals surface area contributed by atoms with Gasteiger partial charge in [0, 0.05) is 19.7 Å². The quantitative estimate of drug-likeness (QED) is 0.630. The fraction of sp³-hybridized carbons (Fsp3) is 0.529. The molecule has 1 aliphatic rings. The third-order valence-electron chi connectivity index (χ3n) is 4.47. The van der Waals surface area contributed by atoms with Crippen molar-refractivity contribution in [2.45, 2.75) is 25.6 Å². The molecular formula is C17H23N3O4S2. The Labute approximate surface area is 158 Å². The van der Waals surface area contributed by atoms with Crippen molar-refractivity contribution in [3.05, 3.63) is 46.6 Å². The molecule has 1 saturated heterocycles. The standard InChI is InChI=1S/C17H23N3O4S2/c1-23-9-8-19(15-7-10-26(21,22)12-15)13-20-17(25)24-16(18-20)11-14-5-3-2-4-6-14/h2-6,15H,7-13H2,1H3/t15-/m1/s1. The molecule has 9 heteroatoms. The van der Waals surface area contributed by atoms with E-state index in [0.29, 0.717) is 43.4 Å². The lowest BCUT2D eigenvalue weighted by Gasteiger charge is -2.27. The summed E-state index contributed by atoms with van der Waals surface area (Å²) in [5, 5.41) is 4.47.